The zero-order chi connectivity index (χ0) is 14.8. The lowest BCUT2D eigenvalue weighted by molar-refractivity contribution is -0.147. The topological polar surface area (TPSA) is 58.6 Å². The molecular weight excluding hydrogens is 256 g/mol. The van der Waals surface area contributed by atoms with E-state index in [1.165, 1.54) is 12.0 Å². The van der Waals surface area contributed by atoms with Crippen molar-refractivity contribution < 1.29 is 14.3 Å². The molecule has 0 spiro atoms. The minimum Gasteiger partial charge on any atom is -0.468 e. The second kappa shape index (κ2) is 9.09. The van der Waals surface area contributed by atoms with Gasteiger partial charge in [-0.05, 0) is 18.5 Å². The average Bonchev–Trinajstić information content (AvgIpc) is 2.47. The number of nitrogens with zero attached hydrogens (tertiary/aromatic N) is 1. The van der Waals surface area contributed by atoms with Crippen molar-refractivity contribution in [3.63, 3.8) is 0 Å². The molecule has 0 saturated carbocycles. The second-order valence-electron chi connectivity index (χ2n) is 4.49. The number of nitrogens with one attached hydrogen (secondary N) is 1. The Kier molecular flexibility index (Phi) is 7.35. The summed E-state index contributed by atoms with van der Waals surface area (Å²) < 4.78 is 4.64. The molecule has 0 radical (unpaired) electrons. The van der Waals surface area contributed by atoms with Gasteiger partial charge in [-0.15, -0.1) is 0 Å². The molecule has 0 saturated heterocycles. The molecule has 0 aliphatic carbocycles. The van der Waals surface area contributed by atoms with Crippen LogP contribution in [0.5, 0.6) is 0 Å². The molecule has 110 valence electrons. The van der Waals surface area contributed by atoms with E-state index in [-0.39, 0.29) is 19.0 Å². The number of ether oxygens (including phenoxy) is 1. The number of hydrogen-bond donors (Lipinski definition) is 1. The third-order valence-corrected chi connectivity index (χ3v) is 2.82. The van der Waals surface area contributed by atoms with Crippen molar-refractivity contribution in [3.05, 3.63) is 35.9 Å². The van der Waals surface area contributed by atoms with Gasteiger partial charge in [0, 0.05) is 6.54 Å². The van der Waals surface area contributed by atoms with Crippen LogP contribution in [0.2, 0.25) is 0 Å². The molecule has 0 heterocycles. The number of amides is 1. The second-order valence-corrected chi connectivity index (χ2v) is 4.49. The fourth-order valence-electron chi connectivity index (χ4n) is 1.74. The summed E-state index contributed by atoms with van der Waals surface area (Å²) >= 11 is 0. The van der Waals surface area contributed by atoms with Crippen LogP contribution in [0.25, 0.3) is 0 Å². The fraction of sp³-hybridized carbons (Fsp3) is 0.467. The summed E-state index contributed by atoms with van der Waals surface area (Å²) in [4.78, 5) is 25.0. The van der Waals surface area contributed by atoms with Crippen LogP contribution in [0.15, 0.2) is 30.3 Å². The maximum atomic E-state index is 12.1. The van der Waals surface area contributed by atoms with Crippen LogP contribution in [-0.4, -0.2) is 43.5 Å². The van der Waals surface area contributed by atoms with Gasteiger partial charge in [0.05, 0.1) is 13.7 Å². The van der Waals surface area contributed by atoms with Crippen molar-refractivity contribution in [1.29, 1.82) is 0 Å². The molecule has 1 rings (SSSR count). The molecule has 5 heteroatoms. The molecule has 1 amide bonds. The van der Waals surface area contributed by atoms with Crippen molar-refractivity contribution in [2.75, 3.05) is 26.7 Å². The van der Waals surface area contributed by atoms with Gasteiger partial charge < -0.3 is 15.0 Å². The van der Waals surface area contributed by atoms with Gasteiger partial charge in [-0.1, -0.05) is 37.3 Å². The highest BCUT2D eigenvalue weighted by Crippen LogP contribution is 2.05. The Bertz CT molecular complexity index is 420. The largest absolute Gasteiger partial charge is 0.468 e. The van der Waals surface area contributed by atoms with Crippen LogP contribution in [0.1, 0.15) is 18.9 Å². The van der Waals surface area contributed by atoms with E-state index in [0.717, 1.165) is 18.5 Å². The Morgan fingerprint density at radius 1 is 1.25 bits per heavy atom. The molecule has 1 aromatic rings. The van der Waals surface area contributed by atoms with E-state index >= 15 is 0 Å². The van der Waals surface area contributed by atoms with Gasteiger partial charge >= 0.3 is 5.97 Å². The van der Waals surface area contributed by atoms with E-state index in [1.807, 2.05) is 37.3 Å². The Labute approximate surface area is 119 Å². The van der Waals surface area contributed by atoms with E-state index in [2.05, 4.69) is 10.1 Å². The molecule has 5 nitrogen and oxygen atoms in total. The van der Waals surface area contributed by atoms with Gasteiger partial charge in [-0.3, -0.25) is 9.59 Å². The van der Waals surface area contributed by atoms with E-state index in [9.17, 15) is 9.59 Å². The molecular formula is C15H22N2O3. The number of methoxy groups -OCH3 is 1. The van der Waals surface area contributed by atoms with Crippen LogP contribution in [0, 0.1) is 0 Å². The summed E-state index contributed by atoms with van der Waals surface area (Å²) in [6, 6.07) is 9.59. The fourth-order valence-corrected chi connectivity index (χ4v) is 1.74. The molecule has 0 atom stereocenters. The zero-order valence-electron chi connectivity index (χ0n) is 12.1. The lowest BCUT2D eigenvalue weighted by Crippen LogP contribution is -2.41. The van der Waals surface area contributed by atoms with Crippen molar-refractivity contribution in [3.8, 4) is 0 Å². The molecule has 0 aliphatic heterocycles. The number of carbonyl (C=O) groups excluding carboxylic acids is 2. The first kappa shape index (κ1) is 16.2. The Morgan fingerprint density at radius 3 is 2.55 bits per heavy atom. The van der Waals surface area contributed by atoms with Gasteiger partial charge in [0.1, 0.15) is 6.54 Å². The quantitative estimate of drug-likeness (QED) is 0.573. The minimum absolute atomic E-state index is 0.0297. The van der Waals surface area contributed by atoms with E-state index in [4.69, 9.17) is 0 Å². The standard InChI is InChI=1S/C15H22N2O3/c1-3-9-16-10-14(18)17(12-15(19)20-2)11-13-7-5-4-6-8-13/h4-8,16H,3,9-12H2,1-2H3. The minimum atomic E-state index is -0.412. The number of esters is 1. The zero-order valence-corrected chi connectivity index (χ0v) is 12.1. The molecule has 0 bridgehead atoms. The van der Waals surface area contributed by atoms with Crippen LogP contribution in [0.4, 0.5) is 0 Å². The van der Waals surface area contributed by atoms with Crippen molar-refractivity contribution in [2.45, 2.75) is 19.9 Å². The van der Waals surface area contributed by atoms with Gasteiger partial charge in [0.2, 0.25) is 5.91 Å². The lowest BCUT2D eigenvalue weighted by Gasteiger charge is -2.21. The third-order valence-electron chi connectivity index (χ3n) is 2.82. The van der Waals surface area contributed by atoms with Crippen molar-refractivity contribution in [2.24, 2.45) is 0 Å². The smallest absolute Gasteiger partial charge is 0.325 e. The van der Waals surface area contributed by atoms with Gasteiger partial charge in [-0.2, -0.15) is 0 Å². The number of rotatable bonds is 8. The van der Waals surface area contributed by atoms with Crippen LogP contribution < -0.4 is 5.32 Å². The van der Waals surface area contributed by atoms with E-state index in [0.29, 0.717) is 6.54 Å². The van der Waals surface area contributed by atoms with Gasteiger partial charge in [-0.25, -0.2) is 0 Å². The predicted molar refractivity (Wildman–Crippen MR) is 77.0 cm³/mol. The summed E-state index contributed by atoms with van der Waals surface area (Å²) in [6.45, 7) is 3.43. The van der Waals surface area contributed by atoms with Crippen LogP contribution in [0.3, 0.4) is 0 Å². The maximum Gasteiger partial charge on any atom is 0.325 e. The first-order valence-corrected chi connectivity index (χ1v) is 6.76. The number of carbonyl (C=O) groups is 2. The van der Waals surface area contributed by atoms with Crippen LogP contribution in [-0.2, 0) is 20.9 Å². The SMILES string of the molecule is CCCNCC(=O)N(CC(=O)OC)Cc1ccccc1. The molecule has 20 heavy (non-hydrogen) atoms. The van der Waals surface area contributed by atoms with Crippen molar-refractivity contribution >= 4 is 11.9 Å². The summed E-state index contributed by atoms with van der Waals surface area (Å²) in [5.41, 5.74) is 0.986. The van der Waals surface area contributed by atoms with Crippen molar-refractivity contribution in [1.82, 2.24) is 10.2 Å². The summed E-state index contributed by atoms with van der Waals surface area (Å²) in [5, 5.41) is 3.05. The van der Waals surface area contributed by atoms with Gasteiger partial charge in [0.15, 0.2) is 0 Å². The third kappa shape index (κ3) is 5.84. The highest BCUT2D eigenvalue weighted by Gasteiger charge is 2.17. The Balaban J connectivity index is 2.64. The molecule has 0 unspecified atom stereocenters. The molecule has 1 aromatic carbocycles. The first-order valence-electron chi connectivity index (χ1n) is 6.76. The van der Waals surface area contributed by atoms with E-state index < -0.39 is 5.97 Å². The van der Waals surface area contributed by atoms with E-state index in [1.54, 1.807) is 0 Å². The predicted octanol–water partition coefficient (Wildman–Crippen LogP) is 1.19. The molecule has 0 fully saturated rings. The highest BCUT2D eigenvalue weighted by molar-refractivity contribution is 5.83. The summed E-state index contributed by atoms with van der Waals surface area (Å²) in [6.07, 6.45) is 0.961. The maximum absolute atomic E-state index is 12.1. The number of benzene rings is 1. The molecule has 0 aliphatic rings. The summed E-state index contributed by atoms with van der Waals surface area (Å²) in [7, 11) is 1.32. The lowest BCUT2D eigenvalue weighted by atomic mass is 10.2. The monoisotopic (exact) mass is 278 g/mol. The average molecular weight is 278 g/mol. The number of hydrogen-bond acceptors (Lipinski definition) is 4. The highest BCUT2D eigenvalue weighted by atomic mass is 16.5. The normalized spacial score (nSPS) is 10.1. The Hall–Kier alpha value is -1.88. The molecule has 1 N–H and O–H groups in total. The summed E-state index contributed by atoms with van der Waals surface area (Å²) in [5.74, 6) is -0.516. The molecule has 0 aromatic heterocycles. The Morgan fingerprint density at radius 2 is 1.95 bits per heavy atom. The van der Waals surface area contributed by atoms with Gasteiger partial charge in [0.25, 0.3) is 0 Å². The first-order chi connectivity index (χ1) is 9.67. The van der Waals surface area contributed by atoms with Crippen LogP contribution >= 0.6 is 0 Å².